The van der Waals surface area contributed by atoms with E-state index in [1.54, 1.807) is 9.80 Å². The van der Waals surface area contributed by atoms with Crippen LogP contribution in [0.15, 0.2) is 0 Å². The van der Waals surface area contributed by atoms with Gasteiger partial charge < -0.3 is 9.80 Å². The maximum atomic E-state index is 12.4. The fourth-order valence-electron chi connectivity index (χ4n) is 3.21. The van der Waals surface area contributed by atoms with Crippen LogP contribution >= 0.6 is 0 Å². The molecule has 0 aromatic heterocycles. The molecule has 0 bridgehead atoms. The predicted molar refractivity (Wildman–Crippen MR) is 84.1 cm³/mol. The molecule has 0 spiro atoms. The number of amides is 2. The molecule has 0 N–H and O–H groups in total. The molecule has 2 amide bonds. The molecule has 2 saturated heterocycles. The maximum absolute atomic E-state index is 12.4. The molecule has 22 heavy (non-hydrogen) atoms. The Hall–Kier alpha value is -0.830. The van der Waals surface area contributed by atoms with Crippen LogP contribution in [0.5, 0.6) is 0 Å². The monoisotopic (exact) mass is 352 g/mol. The number of urea groups is 1. The minimum atomic E-state index is -3.04. The number of hydrogen-bond acceptors (Lipinski definition) is 5. The Kier molecular flexibility index (Phi) is 4.51. The highest BCUT2D eigenvalue weighted by atomic mass is 32.2. The molecule has 2 aliphatic rings. The highest BCUT2D eigenvalue weighted by Gasteiger charge is 2.47. The van der Waals surface area contributed by atoms with E-state index in [2.05, 4.69) is 0 Å². The molecule has 2 aliphatic heterocycles. The van der Waals surface area contributed by atoms with Crippen molar-refractivity contribution in [3.63, 3.8) is 0 Å². The fourth-order valence-corrected chi connectivity index (χ4v) is 5.53. The zero-order valence-corrected chi connectivity index (χ0v) is 15.0. The third kappa shape index (κ3) is 3.73. The fraction of sp³-hybridized carbons (Fsp3) is 0.923. The van der Waals surface area contributed by atoms with Crippen molar-refractivity contribution in [2.75, 3.05) is 37.1 Å². The van der Waals surface area contributed by atoms with Gasteiger partial charge in [0.2, 0.25) is 0 Å². The second-order valence-electron chi connectivity index (χ2n) is 6.77. The van der Waals surface area contributed by atoms with Crippen molar-refractivity contribution in [1.82, 2.24) is 9.80 Å². The Bertz CT molecular complexity index is 602. The number of nitrogens with zero attached hydrogens (tertiary/aromatic N) is 2. The van der Waals surface area contributed by atoms with Gasteiger partial charge in [-0.2, -0.15) is 0 Å². The first-order chi connectivity index (χ1) is 9.89. The quantitative estimate of drug-likeness (QED) is 0.701. The predicted octanol–water partition coefficient (Wildman–Crippen LogP) is -0.164. The lowest BCUT2D eigenvalue weighted by molar-refractivity contribution is 0.00423. The van der Waals surface area contributed by atoms with E-state index < -0.39 is 19.7 Å². The minimum Gasteiger partial charge on any atom is -0.321 e. The second kappa shape index (κ2) is 5.67. The molecule has 2 fully saturated rings. The smallest absolute Gasteiger partial charge is 0.320 e. The third-order valence-electron chi connectivity index (χ3n) is 4.74. The molecule has 0 aliphatic carbocycles. The molecular weight excluding hydrogens is 328 g/mol. The second-order valence-corrected chi connectivity index (χ2v) is 11.1. The van der Waals surface area contributed by atoms with Crippen LogP contribution in [0.3, 0.4) is 0 Å². The van der Waals surface area contributed by atoms with Crippen molar-refractivity contribution in [3.05, 3.63) is 0 Å². The first-order valence-electron chi connectivity index (χ1n) is 7.32. The summed E-state index contributed by atoms with van der Waals surface area (Å²) in [5.41, 5.74) is 0. The molecule has 0 aromatic carbocycles. The van der Waals surface area contributed by atoms with Crippen molar-refractivity contribution in [2.24, 2.45) is 11.8 Å². The van der Waals surface area contributed by atoms with E-state index in [9.17, 15) is 21.6 Å². The number of sulfone groups is 2. The van der Waals surface area contributed by atoms with Crippen LogP contribution in [0.4, 0.5) is 4.79 Å². The lowest BCUT2D eigenvalue weighted by atomic mass is 9.89. The molecule has 2 rings (SSSR count). The van der Waals surface area contributed by atoms with Gasteiger partial charge in [-0.15, -0.1) is 0 Å². The van der Waals surface area contributed by atoms with Crippen LogP contribution in [0, 0.1) is 11.8 Å². The summed E-state index contributed by atoms with van der Waals surface area (Å²) >= 11 is 0. The lowest BCUT2D eigenvalue weighted by Gasteiger charge is -2.53. The van der Waals surface area contributed by atoms with E-state index in [0.717, 1.165) is 0 Å². The summed E-state index contributed by atoms with van der Waals surface area (Å²) in [6.45, 7) is 4.62. The Balaban J connectivity index is 1.88. The summed E-state index contributed by atoms with van der Waals surface area (Å²) in [6, 6.07) is -0.304. The molecule has 2 heterocycles. The SMILES string of the molecule is C[C@@H]1[C@H](CS(C)(=O)=O)CN1C(=O)N1C[C@@H](CS(C)(=O)=O)[C@H]1C. The van der Waals surface area contributed by atoms with Crippen LogP contribution in [0.25, 0.3) is 0 Å². The van der Waals surface area contributed by atoms with E-state index in [0.29, 0.717) is 13.1 Å². The Morgan fingerprint density at radius 3 is 1.41 bits per heavy atom. The average Bonchev–Trinajstić information content (AvgIpc) is 2.35. The molecule has 0 aromatic rings. The molecule has 7 nitrogen and oxygen atoms in total. The van der Waals surface area contributed by atoms with Gasteiger partial charge in [-0.25, -0.2) is 21.6 Å². The summed E-state index contributed by atoms with van der Waals surface area (Å²) in [6.07, 6.45) is 2.41. The van der Waals surface area contributed by atoms with Crippen molar-refractivity contribution in [1.29, 1.82) is 0 Å². The van der Waals surface area contributed by atoms with E-state index in [1.807, 2.05) is 13.8 Å². The van der Waals surface area contributed by atoms with Gasteiger partial charge in [0, 0.05) is 49.5 Å². The van der Waals surface area contributed by atoms with Gasteiger partial charge in [0.05, 0.1) is 11.5 Å². The minimum absolute atomic E-state index is 0.0117. The first kappa shape index (κ1) is 17.5. The Labute approximate surface area is 132 Å². The number of likely N-dealkylation sites (tertiary alicyclic amines) is 2. The molecule has 0 unspecified atom stereocenters. The van der Waals surface area contributed by atoms with Crippen LogP contribution in [0.2, 0.25) is 0 Å². The lowest BCUT2D eigenvalue weighted by Crippen LogP contribution is -2.68. The van der Waals surface area contributed by atoms with Crippen molar-refractivity contribution in [2.45, 2.75) is 25.9 Å². The van der Waals surface area contributed by atoms with Gasteiger partial charge in [-0.3, -0.25) is 0 Å². The van der Waals surface area contributed by atoms with Gasteiger partial charge in [0.25, 0.3) is 0 Å². The zero-order chi connectivity index (χ0) is 16.9. The van der Waals surface area contributed by atoms with Crippen molar-refractivity contribution in [3.8, 4) is 0 Å². The van der Waals surface area contributed by atoms with E-state index in [-0.39, 0.29) is 41.5 Å². The Morgan fingerprint density at radius 1 is 0.864 bits per heavy atom. The number of carbonyl (C=O) groups is 1. The van der Waals surface area contributed by atoms with Gasteiger partial charge in [0.15, 0.2) is 0 Å². The number of hydrogen-bond donors (Lipinski definition) is 0. The molecule has 0 saturated carbocycles. The number of carbonyl (C=O) groups excluding carboxylic acids is 1. The first-order valence-corrected chi connectivity index (χ1v) is 11.4. The molecule has 128 valence electrons. The average molecular weight is 352 g/mol. The summed E-state index contributed by atoms with van der Waals surface area (Å²) in [7, 11) is -6.07. The number of rotatable bonds is 4. The van der Waals surface area contributed by atoms with Crippen LogP contribution in [-0.4, -0.2) is 81.9 Å². The summed E-state index contributed by atoms with van der Waals surface area (Å²) < 4.78 is 45.3. The van der Waals surface area contributed by atoms with Crippen LogP contribution < -0.4 is 0 Å². The highest BCUT2D eigenvalue weighted by molar-refractivity contribution is 7.90. The van der Waals surface area contributed by atoms with Gasteiger partial charge in [-0.1, -0.05) is 0 Å². The topological polar surface area (TPSA) is 91.8 Å². The van der Waals surface area contributed by atoms with E-state index in [1.165, 1.54) is 12.5 Å². The van der Waals surface area contributed by atoms with Gasteiger partial charge >= 0.3 is 6.03 Å². The van der Waals surface area contributed by atoms with Crippen molar-refractivity contribution >= 4 is 25.7 Å². The van der Waals surface area contributed by atoms with Crippen molar-refractivity contribution < 1.29 is 21.6 Å². The largest absolute Gasteiger partial charge is 0.321 e. The van der Waals surface area contributed by atoms with Crippen LogP contribution in [0.1, 0.15) is 13.8 Å². The van der Waals surface area contributed by atoms with Gasteiger partial charge in [-0.05, 0) is 13.8 Å². The highest BCUT2D eigenvalue weighted by Crippen LogP contribution is 2.32. The standard InChI is InChI=1S/C13H24N2O5S2/c1-9-11(7-21(3,17)18)5-14(9)13(16)15-6-12(10(15)2)8-22(4,19)20/h9-12H,5-8H2,1-4H3/t9-,10-,11+,12+/m1/s1. The van der Waals surface area contributed by atoms with Crippen LogP contribution in [-0.2, 0) is 19.7 Å². The Morgan fingerprint density at radius 2 is 1.18 bits per heavy atom. The molecule has 0 radical (unpaired) electrons. The molecule has 9 heteroatoms. The summed E-state index contributed by atoms with van der Waals surface area (Å²) in [4.78, 5) is 15.7. The molecular formula is C13H24N2O5S2. The van der Waals surface area contributed by atoms with E-state index >= 15 is 0 Å². The third-order valence-corrected chi connectivity index (χ3v) is 6.80. The molecule has 4 atom stereocenters. The maximum Gasteiger partial charge on any atom is 0.320 e. The van der Waals surface area contributed by atoms with Gasteiger partial charge in [0.1, 0.15) is 19.7 Å². The summed E-state index contributed by atoms with van der Waals surface area (Å²) in [5, 5.41) is 0. The van der Waals surface area contributed by atoms with E-state index in [4.69, 9.17) is 0 Å². The normalized spacial score (nSPS) is 32.4. The summed E-state index contributed by atoms with van der Waals surface area (Å²) in [5.74, 6) is 0.179. The zero-order valence-electron chi connectivity index (χ0n) is 13.4.